The maximum absolute atomic E-state index is 9.14. The first-order valence-electron chi connectivity index (χ1n) is 9.13. The Morgan fingerprint density at radius 3 is 1.87 bits per heavy atom. The standard InChI is InChI=1S/C19H33O3P/c1-2-3-4-5-6-7-8-9-10-14-17-19(22-23(20)21)18-15-12-11-13-16-18/h11-13,15-16,19-21H,2-10,14,17H2,1H3. The van der Waals surface area contributed by atoms with Gasteiger partial charge in [-0.1, -0.05) is 101 Å². The molecule has 0 bridgehead atoms. The molecule has 0 fully saturated rings. The molecule has 0 aliphatic carbocycles. The van der Waals surface area contributed by atoms with Crippen LogP contribution < -0.4 is 0 Å². The van der Waals surface area contributed by atoms with Gasteiger partial charge in [0, 0.05) is 0 Å². The van der Waals surface area contributed by atoms with Gasteiger partial charge in [0.2, 0.25) is 0 Å². The third-order valence-corrected chi connectivity index (χ3v) is 4.66. The van der Waals surface area contributed by atoms with Gasteiger partial charge in [-0.05, 0) is 12.0 Å². The lowest BCUT2D eigenvalue weighted by Gasteiger charge is -2.18. The van der Waals surface area contributed by atoms with Crippen molar-refractivity contribution in [2.45, 2.75) is 83.7 Å². The monoisotopic (exact) mass is 340 g/mol. The van der Waals surface area contributed by atoms with Crippen LogP contribution in [-0.2, 0) is 4.52 Å². The zero-order valence-corrected chi connectivity index (χ0v) is 15.4. The highest BCUT2D eigenvalue weighted by atomic mass is 31.2. The molecule has 1 aromatic carbocycles. The van der Waals surface area contributed by atoms with Gasteiger partial charge in [0.25, 0.3) is 0 Å². The second-order valence-corrected chi connectivity index (χ2v) is 6.94. The van der Waals surface area contributed by atoms with E-state index in [4.69, 9.17) is 14.3 Å². The summed E-state index contributed by atoms with van der Waals surface area (Å²) in [4.78, 5) is 18.3. The zero-order valence-electron chi connectivity index (χ0n) is 14.5. The molecule has 1 rings (SSSR count). The van der Waals surface area contributed by atoms with Gasteiger partial charge in [-0.15, -0.1) is 0 Å². The molecule has 0 spiro atoms. The molecule has 2 N–H and O–H groups in total. The largest absolute Gasteiger partial charge is 0.328 e. The molecule has 0 heterocycles. The van der Waals surface area contributed by atoms with Crippen LogP contribution in [0.25, 0.3) is 0 Å². The molecule has 1 unspecified atom stereocenters. The van der Waals surface area contributed by atoms with Crippen molar-refractivity contribution >= 4 is 8.60 Å². The van der Waals surface area contributed by atoms with Gasteiger partial charge < -0.3 is 14.3 Å². The quantitative estimate of drug-likeness (QED) is 0.310. The Balaban J connectivity index is 2.11. The first-order chi connectivity index (χ1) is 11.2. The Morgan fingerprint density at radius 2 is 1.35 bits per heavy atom. The van der Waals surface area contributed by atoms with Crippen LogP contribution >= 0.6 is 8.60 Å². The van der Waals surface area contributed by atoms with Crippen LogP contribution in [0.1, 0.15) is 89.2 Å². The van der Waals surface area contributed by atoms with Gasteiger partial charge in [0.1, 0.15) is 0 Å². The van der Waals surface area contributed by atoms with Crippen LogP contribution in [0.2, 0.25) is 0 Å². The van der Waals surface area contributed by atoms with Crippen LogP contribution in [0.4, 0.5) is 0 Å². The number of rotatable bonds is 14. The molecular formula is C19H33O3P. The van der Waals surface area contributed by atoms with Gasteiger partial charge in [-0.2, -0.15) is 0 Å². The van der Waals surface area contributed by atoms with Gasteiger partial charge in [0.05, 0.1) is 6.10 Å². The van der Waals surface area contributed by atoms with Gasteiger partial charge in [0.15, 0.2) is 0 Å². The summed E-state index contributed by atoms with van der Waals surface area (Å²) in [6, 6.07) is 9.85. The molecule has 0 aliphatic heterocycles. The van der Waals surface area contributed by atoms with E-state index in [0.717, 1.165) is 18.4 Å². The minimum atomic E-state index is -2.30. The Kier molecular flexibility index (Phi) is 12.5. The summed E-state index contributed by atoms with van der Waals surface area (Å²) < 4.78 is 5.29. The number of unbranched alkanes of at least 4 members (excludes halogenated alkanes) is 9. The van der Waals surface area contributed by atoms with Crippen LogP contribution in [0.5, 0.6) is 0 Å². The number of hydrogen-bond acceptors (Lipinski definition) is 3. The van der Waals surface area contributed by atoms with Crippen molar-refractivity contribution in [3.8, 4) is 0 Å². The van der Waals surface area contributed by atoms with E-state index in [2.05, 4.69) is 6.92 Å². The zero-order chi connectivity index (χ0) is 16.8. The summed E-state index contributed by atoms with van der Waals surface area (Å²) >= 11 is 0. The molecule has 132 valence electrons. The molecule has 0 aliphatic rings. The summed E-state index contributed by atoms with van der Waals surface area (Å²) in [5, 5.41) is 0. The van der Waals surface area contributed by atoms with E-state index in [1.165, 1.54) is 57.8 Å². The van der Waals surface area contributed by atoms with E-state index in [0.29, 0.717) is 0 Å². The Hall–Kier alpha value is -0.470. The molecule has 4 heteroatoms. The highest BCUT2D eigenvalue weighted by Crippen LogP contribution is 2.37. The SMILES string of the molecule is CCCCCCCCCCCCC(OP(O)O)c1ccccc1. The lowest BCUT2D eigenvalue weighted by molar-refractivity contribution is 0.161. The van der Waals surface area contributed by atoms with E-state index >= 15 is 0 Å². The molecule has 0 saturated heterocycles. The Bertz CT molecular complexity index is 370. The van der Waals surface area contributed by atoms with Crippen molar-refractivity contribution in [3.05, 3.63) is 35.9 Å². The second-order valence-electron chi connectivity index (χ2n) is 6.23. The van der Waals surface area contributed by atoms with Gasteiger partial charge >= 0.3 is 8.60 Å². The van der Waals surface area contributed by atoms with Crippen molar-refractivity contribution in [2.75, 3.05) is 0 Å². The predicted octanol–water partition coefficient (Wildman–Crippen LogP) is 6.27. The fourth-order valence-corrected chi connectivity index (χ4v) is 3.33. The molecule has 0 radical (unpaired) electrons. The van der Waals surface area contributed by atoms with Gasteiger partial charge in [-0.25, -0.2) is 0 Å². The third kappa shape index (κ3) is 10.8. The Labute approximate surface area is 143 Å². The van der Waals surface area contributed by atoms with Crippen LogP contribution in [0, 0.1) is 0 Å². The molecule has 3 nitrogen and oxygen atoms in total. The highest BCUT2D eigenvalue weighted by molar-refractivity contribution is 7.39. The average Bonchev–Trinajstić information content (AvgIpc) is 2.56. The maximum Gasteiger partial charge on any atom is 0.327 e. The van der Waals surface area contributed by atoms with Crippen LogP contribution in [-0.4, -0.2) is 9.79 Å². The fraction of sp³-hybridized carbons (Fsp3) is 0.684. The van der Waals surface area contributed by atoms with Crippen molar-refractivity contribution in [2.24, 2.45) is 0 Å². The topological polar surface area (TPSA) is 49.7 Å². The minimum absolute atomic E-state index is 0.202. The van der Waals surface area contributed by atoms with Crippen LogP contribution in [0.15, 0.2) is 30.3 Å². The Morgan fingerprint density at radius 1 is 0.826 bits per heavy atom. The van der Waals surface area contributed by atoms with Crippen LogP contribution in [0.3, 0.4) is 0 Å². The van der Waals surface area contributed by atoms with E-state index in [9.17, 15) is 0 Å². The fourth-order valence-electron chi connectivity index (χ4n) is 2.88. The summed E-state index contributed by atoms with van der Waals surface area (Å²) in [7, 11) is -2.30. The first-order valence-corrected chi connectivity index (χ1v) is 10.3. The molecule has 0 aromatic heterocycles. The van der Waals surface area contributed by atoms with Gasteiger partial charge in [-0.3, -0.25) is 0 Å². The molecule has 0 saturated carbocycles. The lowest BCUT2D eigenvalue weighted by atomic mass is 10.0. The third-order valence-electron chi connectivity index (χ3n) is 4.21. The summed E-state index contributed by atoms with van der Waals surface area (Å²) in [5.41, 5.74) is 1.03. The number of benzene rings is 1. The first kappa shape index (κ1) is 20.6. The summed E-state index contributed by atoms with van der Waals surface area (Å²) in [5.74, 6) is 0. The smallest absolute Gasteiger partial charge is 0.327 e. The minimum Gasteiger partial charge on any atom is -0.328 e. The molecular weight excluding hydrogens is 307 g/mol. The van der Waals surface area contributed by atoms with E-state index in [1.807, 2.05) is 30.3 Å². The van der Waals surface area contributed by atoms with Crippen molar-refractivity contribution in [3.63, 3.8) is 0 Å². The van der Waals surface area contributed by atoms with Crippen molar-refractivity contribution in [1.82, 2.24) is 0 Å². The van der Waals surface area contributed by atoms with E-state index < -0.39 is 8.60 Å². The highest BCUT2D eigenvalue weighted by Gasteiger charge is 2.15. The molecule has 0 amide bonds. The molecule has 23 heavy (non-hydrogen) atoms. The van der Waals surface area contributed by atoms with E-state index in [1.54, 1.807) is 0 Å². The molecule has 1 atom stereocenters. The average molecular weight is 340 g/mol. The van der Waals surface area contributed by atoms with Crippen molar-refractivity contribution in [1.29, 1.82) is 0 Å². The summed E-state index contributed by atoms with van der Waals surface area (Å²) in [6.07, 6.45) is 13.7. The maximum atomic E-state index is 9.14. The predicted molar refractivity (Wildman–Crippen MR) is 98.1 cm³/mol. The second kappa shape index (κ2) is 13.9. The number of hydrogen-bond donors (Lipinski definition) is 2. The summed E-state index contributed by atoms with van der Waals surface area (Å²) in [6.45, 7) is 2.25. The van der Waals surface area contributed by atoms with Crippen molar-refractivity contribution < 1.29 is 14.3 Å². The normalized spacial score (nSPS) is 12.7. The lowest BCUT2D eigenvalue weighted by Crippen LogP contribution is -2.01. The molecule has 1 aromatic rings. The van der Waals surface area contributed by atoms with E-state index in [-0.39, 0.29) is 6.10 Å².